The van der Waals surface area contributed by atoms with Crippen LogP contribution in [0.4, 0.5) is 0 Å². The Hall–Kier alpha value is -1.58. The first-order chi connectivity index (χ1) is 8.88. The summed E-state index contributed by atoms with van der Waals surface area (Å²) in [6.07, 6.45) is 2.18. The Kier molecular flexibility index (Phi) is 3.17. The third kappa shape index (κ3) is 2.07. The van der Waals surface area contributed by atoms with E-state index in [4.69, 9.17) is 0 Å². The second-order valence-corrected chi connectivity index (χ2v) is 5.24. The molecule has 92 valence electrons. The van der Waals surface area contributed by atoms with E-state index < -0.39 is 0 Å². The van der Waals surface area contributed by atoms with Crippen LogP contribution in [-0.2, 0) is 13.1 Å². The van der Waals surface area contributed by atoms with E-state index in [9.17, 15) is 0 Å². The number of thiophene rings is 1. The van der Waals surface area contributed by atoms with Gasteiger partial charge in [-0.2, -0.15) is 11.3 Å². The first-order valence-corrected chi connectivity index (χ1v) is 7.05. The summed E-state index contributed by atoms with van der Waals surface area (Å²) >= 11 is 1.75. The van der Waals surface area contributed by atoms with Crippen molar-refractivity contribution in [2.45, 2.75) is 13.1 Å². The van der Waals surface area contributed by atoms with Gasteiger partial charge in [-0.25, -0.2) is 0 Å². The van der Waals surface area contributed by atoms with Gasteiger partial charge in [0.15, 0.2) is 0 Å². The average Bonchev–Trinajstić information content (AvgIpc) is 3.01. The summed E-state index contributed by atoms with van der Waals surface area (Å²) in [4.78, 5) is 0. The van der Waals surface area contributed by atoms with Crippen molar-refractivity contribution in [3.8, 4) is 0 Å². The second-order valence-electron chi connectivity index (χ2n) is 4.46. The molecule has 0 unspecified atom stereocenters. The largest absolute Gasteiger partial charge is 0.343 e. The molecule has 0 bridgehead atoms. The van der Waals surface area contributed by atoms with Gasteiger partial charge >= 0.3 is 0 Å². The Labute approximate surface area is 111 Å². The van der Waals surface area contributed by atoms with E-state index in [0.29, 0.717) is 0 Å². The molecule has 0 saturated carbocycles. The van der Waals surface area contributed by atoms with Crippen LogP contribution in [0.3, 0.4) is 0 Å². The Balaban J connectivity index is 2.01. The van der Waals surface area contributed by atoms with Crippen molar-refractivity contribution < 1.29 is 0 Å². The maximum absolute atomic E-state index is 3.22. The molecule has 2 nitrogen and oxygen atoms in total. The number of nitrogens with one attached hydrogen (secondary N) is 1. The minimum absolute atomic E-state index is 0.916. The van der Waals surface area contributed by atoms with E-state index >= 15 is 0 Å². The lowest BCUT2D eigenvalue weighted by Crippen LogP contribution is -2.05. The molecular weight excluding hydrogens is 240 g/mol. The maximum atomic E-state index is 3.22. The van der Waals surface area contributed by atoms with Gasteiger partial charge in [0.25, 0.3) is 0 Å². The highest BCUT2D eigenvalue weighted by atomic mass is 32.1. The molecule has 0 radical (unpaired) electrons. The van der Waals surface area contributed by atoms with Crippen molar-refractivity contribution in [2.75, 3.05) is 7.05 Å². The molecule has 0 amide bonds. The van der Waals surface area contributed by atoms with Crippen molar-refractivity contribution in [3.05, 3.63) is 58.4 Å². The Morgan fingerprint density at radius 3 is 2.94 bits per heavy atom. The van der Waals surface area contributed by atoms with Gasteiger partial charge in [-0.1, -0.05) is 12.1 Å². The molecule has 3 rings (SSSR count). The molecule has 1 aromatic carbocycles. The fourth-order valence-electron chi connectivity index (χ4n) is 2.35. The lowest BCUT2D eigenvalue weighted by molar-refractivity contribution is 0.821. The van der Waals surface area contributed by atoms with Gasteiger partial charge in [-0.15, -0.1) is 0 Å². The predicted molar refractivity (Wildman–Crippen MR) is 78.1 cm³/mol. The van der Waals surface area contributed by atoms with Gasteiger partial charge < -0.3 is 9.88 Å². The zero-order chi connectivity index (χ0) is 12.4. The highest BCUT2D eigenvalue weighted by molar-refractivity contribution is 7.07. The fourth-order valence-corrected chi connectivity index (χ4v) is 3.01. The normalized spacial score (nSPS) is 11.2. The maximum Gasteiger partial charge on any atom is 0.0486 e. The van der Waals surface area contributed by atoms with Crippen LogP contribution in [0.25, 0.3) is 10.9 Å². The fraction of sp³-hybridized carbons (Fsp3) is 0.200. The van der Waals surface area contributed by atoms with E-state index in [0.717, 1.165) is 13.1 Å². The standard InChI is InChI=1S/C15H16N2S/c1-16-9-13-3-2-4-15-14(13)5-7-17(15)10-12-6-8-18-11-12/h2-8,11,16H,9-10H2,1H3. The smallest absolute Gasteiger partial charge is 0.0486 e. The summed E-state index contributed by atoms with van der Waals surface area (Å²) in [5, 5.41) is 8.92. The summed E-state index contributed by atoms with van der Waals surface area (Å²) < 4.78 is 2.32. The molecule has 0 aliphatic heterocycles. The molecule has 0 spiro atoms. The quantitative estimate of drug-likeness (QED) is 0.756. The van der Waals surface area contributed by atoms with Crippen LogP contribution in [0, 0.1) is 0 Å². The third-order valence-electron chi connectivity index (χ3n) is 3.20. The number of rotatable bonds is 4. The van der Waals surface area contributed by atoms with E-state index in [1.54, 1.807) is 11.3 Å². The molecular formula is C15H16N2S. The summed E-state index contributed by atoms with van der Waals surface area (Å²) in [7, 11) is 1.99. The summed E-state index contributed by atoms with van der Waals surface area (Å²) in [5.41, 5.74) is 4.05. The van der Waals surface area contributed by atoms with Crippen LogP contribution in [0.5, 0.6) is 0 Å². The molecule has 3 aromatic rings. The van der Waals surface area contributed by atoms with Crippen molar-refractivity contribution in [1.29, 1.82) is 0 Å². The van der Waals surface area contributed by atoms with Crippen molar-refractivity contribution in [3.63, 3.8) is 0 Å². The molecule has 3 heteroatoms. The highest BCUT2D eigenvalue weighted by Gasteiger charge is 2.05. The zero-order valence-electron chi connectivity index (χ0n) is 10.4. The molecule has 18 heavy (non-hydrogen) atoms. The lowest BCUT2D eigenvalue weighted by atomic mass is 10.1. The van der Waals surface area contributed by atoms with Crippen molar-refractivity contribution in [2.24, 2.45) is 0 Å². The van der Waals surface area contributed by atoms with Crippen molar-refractivity contribution in [1.82, 2.24) is 9.88 Å². The third-order valence-corrected chi connectivity index (χ3v) is 3.94. The summed E-state index contributed by atoms with van der Waals surface area (Å²) in [6.45, 7) is 1.87. The van der Waals surface area contributed by atoms with E-state index in [1.165, 1.54) is 22.0 Å². The van der Waals surface area contributed by atoms with E-state index in [1.807, 2.05) is 7.05 Å². The Morgan fingerprint density at radius 1 is 1.22 bits per heavy atom. The monoisotopic (exact) mass is 256 g/mol. The van der Waals surface area contributed by atoms with Gasteiger partial charge in [0.05, 0.1) is 0 Å². The predicted octanol–water partition coefficient (Wildman–Crippen LogP) is 3.47. The Morgan fingerprint density at radius 2 is 2.17 bits per heavy atom. The van der Waals surface area contributed by atoms with Gasteiger partial charge in [-0.05, 0) is 47.1 Å². The average molecular weight is 256 g/mol. The van der Waals surface area contributed by atoms with Crippen LogP contribution in [-0.4, -0.2) is 11.6 Å². The van der Waals surface area contributed by atoms with Gasteiger partial charge in [-0.3, -0.25) is 0 Å². The number of hydrogen-bond acceptors (Lipinski definition) is 2. The van der Waals surface area contributed by atoms with E-state index in [-0.39, 0.29) is 0 Å². The molecule has 0 saturated heterocycles. The highest BCUT2D eigenvalue weighted by Crippen LogP contribution is 2.21. The molecule has 0 atom stereocenters. The SMILES string of the molecule is CNCc1cccc2c1ccn2Cc1ccsc1. The minimum atomic E-state index is 0.916. The van der Waals surface area contributed by atoms with Crippen LogP contribution in [0.2, 0.25) is 0 Å². The number of fused-ring (bicyclic) bond motifs is 1. The molecule has 1 N–H and O–H groups in total. The number of aromatic nitrogens is 1. The molecule has 0 aliphatic carbocycles. The van der Waals surface area contributed by atoms with Gasteiger partial charge in [0.2, 0.25) is 0 Å². The number of nitrogens with zero attached hydrogens (tertiary/aromatic N) is 1. The van der Waals surface area contributed by atoms with Gasteiger partial charge in [0.1, 0.15) is 0 Å². The van der Waals surface area contributed by atoms with Crippen LogP contribution in [0.1, 0.15) is 11.1 Å². The van der Waals surface area contributed by atoms with Crippen LogP contribution in [0.15, 0.2) is 47.3 Å². The zero-order valence-corrected chi connectivity index (χ0v) is 11.2. The molecule has 2 aromatic heterocycles. The van der Waals surface area contributed by atoms with E-state index in [2.05, 4.69) is 57.2 Å². The molecule has 0 fully saturated rings. The topological polar surface area (TPSA) is 17.0 Å². The minimum Gasteiger partial charge on any atom is -0.343 e. The summed E-state index contributed by atoms with van der Waals surface area (Å²) in [5.74, 6) is 0. The summed E-state index contributed by atoms with van der Waals surface area (Å²) in [6, 6.07) is 10.9. The Bertz CT molecular complexity index is 638. The first kappa shape index (κ1) is 11.5. The van der Waals surface area contributed by atoms with Crippen LogP contribution >= 0.6 is 11.3 Å². The van der Waals surface area contributed by atoms with Crippen LogP contribution < -0.4 is 5.32 Å². The lowest BCUT2D eigenvalue weighted by Gasteiger charge is -2.06. The molecule has 0 aliphatic rings. The first-order valence-electron chi connectivity index (χ1n) is 6.11. The number of benzene rings is 1. The number of hydrogen-bond donors (Lipinski definition) is 1. The second kappa shape index (κ2) is 4.96. The molecule has 2 heterocycles. The van der Waals surface area contributed by atoms with Crippen molar-refractivity contribution >= 4 is 22.2 Å². The van der Waals surface area contributed by atoms with Gasteiger partial charge in [0, 0.05) is 30.2 Å².